The first kappa shape index (κ1) is 8.25. The third kappa shape index (κ3) is 1.70. The Morgan fingerprint density at radius 1 is 1.31 bits per heavy atom. The molecule has 13 heavy (non-hydrogen) atoms. The van der Waals surface area contributed by atoms with Crippen molar-refractivity contribution in [2.45, 2.75) is 5.16 Å². The Hall–Kier alpha value is -1.36. The number of pyridine rings is 1. The first-order valence-electron chi connectivity index (χ1n) is 3.77. The Morgan fingerprint density at radius 3 is 2.85 bits per heavy atom. The van der Waals surface area contributed by atoms with Gasteiger partial charge in [-0.15, -0.1) is 5.10 Å². The molecule has 0 radical (unpaired) electrons. The van der Waals surface area contributed by atoms with Gasteiger partial charge in [-0.3, -0.25) is 0 Å². The second-order valence-electron chi connectivity index (χ2n) is 2.36. The van der Waals surface area contributed by atoms with Gasteiger partial charge in [0.15, 0.2) is 5.82 Å². The van der Waals surface area contributed by atoms with Gasteiger partial charge in [-0.25, -0.2) is 14.6 Å². The molecule has 2 aromatic heterocycles. The maximum absolute atomic E-state index is 4.20. The van der Waals surface area contributed by atoms with E-state index in [9.17, 15) is 0 Å². The highest BCUT2D eigenvalue weighted by molar-refractivity contribution is 7.98. The summed E-state index contributed by atoms with van der Waals surface area (Å²) in [7, 11) is 0. The molecule has 0 aliphatic heterocycles. The number of aromatic nitrogens is 4. The molecular formula is C8H8N4S. The molecule has 0 fully saturated rings. The fraction of sp³-hybridized carbons (Fsp3) is 0.125. The Morgan fingerprint density at radius 2 is 2.23 bits per heavy atom. The molecule has 0 atom stereocenters. The predicted octanol–water partition coefficient (Wildman–Crippen LogP) is 1.38. The molecule has 0 aliphatic rings. The standard InChI is InChI=1S/C8H8N4S/c1-13-8-10-6-12(11-8)7-4-2-3-5-9-7/h2-6H,1H3. The smallest absolute Gasteiger partial charge is 0.208 e. The Kier molecular flexibility index (Phi) is 2.27. The lowest BCUT2D eigenvalue weighted by molar-refractivity contribution is 0.810. The van der Waals surface area contributed by atoms with E-state index in [0.29, 0.717) is 0 Å². The lowest BCUT2D eigenvalue weighted by Crippen LogP contribution is -1.96. The van der Waals surface area contributed by atoms with E-state index in [1.165, 1.54) is 11.8 Å². The first-order chi connectivity index (χ1) is 6.40. The fourth-order valence-electron chi connectivity index (χ4n) is 0.941. The van der Waals surface area contributed by atoms with E-state index < -0.39 is 0 Å². The summed E-state index contributed by atoms with van der Waals surface area (Å²) in [5, 5.41) is 4.96. The number of thioether (sulfide) groups is 1. The Labute approximate surface area is 80.0 Å². The molecule has 0 saturated heterocycles. The van der Waals surface area contributed by atoms with Crippen LogP contribution in [0, 0.1) is 0 Å². The van der Waals surface area contributed by atoms with Crippen molar-refractivity contribution in [3.63, 3.8) is 0 Å². The van der Waals surface area contributed by atoms with Gasteiger partial charge in [0.2, 0.25) is 5.16 Å². The quantitative estimate of drug-likeness (QED) is 0.674. The molecule has 0 aliphatic carbocycles. The van der Waals surface area contributed by atoms with Gasteiger partial charge in [0.25, 0.3) is 0 Å². The summed E-state index contributed by atoms with van der Waals surface area (Å²) in [6.07, 6.45) is 5.34. The molecule has 66 valence electrons. The molecule has 2 heterocycles. The van der Waals surface area contributed by atoms with Crippen molar-refractivity contribution in [1.29, 1.82) is 0 Å². The monoisotopic (exact) mass is 192 g/mol. The fourth-order valence-corrected chi connectivity index (χ4v) is 1.26. The van der Waals surface area contributed by atoms with Crippen LogP contribution in [0.15, 0.2) is 35.9 Å². The van der Waals surface area contributed by atoms with Crippen LogP contribution in [-0.4, -0.2) is 26.0 Å². The van der Waals surface area contributed by atoms with Crippen molar-refractivity contribution in [2.24, 2.45) is 0 Å². The molecule has 2 aromatic rings. The van der Waals surface area contributed by atoms with Crippen molar-refractivity contribution < 1.29 is 0 Å². The average Bonchev–Trinajstić information content (AvgIpc) is 2.67. The molecule has 0 spiro atoms. The van der Waals surface area contributed by atoms with E-state index in [1.54, 1.807) is 17.2 Å². The highest BCUT2D eigenvalue weighted by Crippen LogP contribution is 2.08. The second kappa shape index (κ2) is 3.57. The van der Waals surface area contributed by atoms with Crippen LogP contribution >= 0.6 is 11.8 Å². The summed E-state index contributed by atoms with van der Waals surface area (Å²) in [5.41, 5.74) is 0. The van der Waals surface area contributed by atoms with E-state index in [-0.39, 0.29) is 0 Å². The van der Waals surface area contributed by atoms with Gasteiger partial charge in [0.05, 0.1) is 0 Å². The normalized spacial score (nSPS) is 10.2. The maximum atomic E-state index is 4.20. The van der Waals surface area contributed by atoms with Crippen LogP contribution in [0.1, 0.15) is 0 Å². The van der Waals surface area contributed by atoms with E-state index in [0.717, 1.165) is 11.0 Å². The maximum Gasteiger partial charge on any atom is 0.208 e. The number of hydrogen-bond donors (Lipinski definition) is 0. The largest absolute Gasteiger partial charge is 0.237 e. The zero-order chi connectivity index (χ0) is 9.10. The lowest BCUT2D eigenvalue weighted by atomic mass is 10.5. The minimum absolute atomic E-state index is 0.755. The summed E-state index contributed by atoms with van der Waals surface area (Å²) >= 11 is 1.51. The van der Waals surface area contributed by atoms with Gasteiger partial charge < -0.3 is 0 Å². The molecule has 0 bridgehead atoms. The van der Waals surface area contributed by atoms with Crippen LogP contribution in [-0.2, 0) is 0 Å². The van der Waals surface area contributed by atoms with Gasteiger partial charge in [-0.1, -0.05) is 17.8 Å². The van der Waals surface area contributed by atoms with Gasteiger partial charge in [-0.2, -0.15) is 0 Å². The second-order valence-corrected chi connectivity index (χ2v) is 3.14. The van der Waals surface area contributed by atoms with Crippen molar-refractivity contribution >= 4 is 11.8 Å². The SMILES string of the molecule is CSc1ncn(-c2ccccn2)n1. The van der Waals surface area contributed by atoms with Crippen molar-refractivity contribution in [3.8, 4) is 5.82 Å². The van der Waals surface area contributed by atoms with E-state index in [4.69, 9.17) is 0 Å². The molecular weight excluding hydrogens is 184 g/mol. The minimum atomic E-state index is 0.755. The summed E-state index contributed by atoms with van der Waals surface area (Å²) in [6, 6.07) is 5.68. The number of nitrogens with zero attached hydrogens (tertiary/aromatic N) is 4. The van der Waals surface area contributed by atoms with Crippen LogP contribution in [0.5, 0.6) is 0 Å². The highest BCUT2D eigenvalue weighted by Gasteiger charge is 2.00. The molecule has 2 rings (SSSR count). The topological polar surface area (TPSA) is 43.6 Å². The molecule has 4 nitrogen and oxygen atoms in total. The molecule has 0 N–H and O–H groups in total. The van der Waals surface area contributed by atoms with Crippen molar-refractivity contribution in [2.75, 3.05) is 6.26 Å². The summed E-state index contributed by atoms with van der Waals surface area (Å²) < 4.78 is 1.66. The summed E-state index contributed by atoms with van der Waals surface area (Å²) in [6.45, 7) is 0. The summed E-state index contributed by atoms with van der Waals surface area (Å²) in [4.78, 5) is 8.23. The van der Waals surface area contributed by atoms with E-state index >= 15 is 0 Å². The van der Waals surface area contributed by atoms with Crippen LogP contribution in [0.25, 0.3) is 5.82 Å². The Balaban J connectivity index is 2.36. The van der Waals surface area contributed by atoms with Gasteiger partial charge >= 0.3 is 0 Å². The third-order valence-electron chi connectivity index (χ3n) is 1.54. The van der Waals surface area contributed by atoms with Gasteiger partial charge in [-0.05, 0) is 18.4 Å². The minimum Gasteiger partial charge on any atom is -0.237 e. The van der Waals surface area contributed by atoms with E-state index in [1.807, 2.05) is 24.5 Å². The molecule has 0 saturated carbocycles. The van der Waals surface area contributed by atoms with Crippen molar-refractivity contribution in [3.05, 3.63) is 30.7 Å². The molecule has 0 unspecified atom stereocenters. The highest BCUT2D eigenvalue weighted by atomic mass is 32.2. The Bertz CT molecular complexity index is 384. The first-order valence-corrected chi connectivity index (χ1v) is 4.99. The van der Waals surface area contributed by atoms with Crippen LogP contribution < -0.4 is 0 Å². The van der Waals surface area contributed by atoms with Gasteiger partial charge in [0.1, 0.15) is 6.33 Å². The number of rotatable bonds is 2. The van der Waals surface area contributed by atoms with Crippen LogP contribution in [0.3, 0.4) is 0 Å². The molecule has 0 aromatic carbocycles. The van der Waals surface area contributed by atoms with Crippen LogP contribution in [0.4, 0.5) is 0 Å². The third-order valence-corrected chi connectivity index (χ3v) is 2.09. The summed E-state index contributed by atoms with van der Waals surface area (Å²) in [5.74, 6) is 0.787. The molecule has 5 heteroatoms. The molecule has 0 amide bonds. The number of hydrogen-bond acceptors (Lipinski definition) is 4. The zero-order valence-corrected chi connectivity index (χ0v) is 7.90. The predicted molar refractivity (Wildman–Crippen MR) is 50.9 cm³/mol. The van der Waals surface area contributed by atoms with Gasteiger partial charge in [0, 0.05) is 6.20 Å². The van der Waals surface area contributed by atoms with Crippen molar-refractivity contribution in [1.82, 2.24) is 19.7 Å². The zero-order valence-electron chi connectivity index (χ0n) is 7.08. The lowest BCUT2D eigenvalue weighted by Gasteiger charge is -1.95. The van der Waals surface area contributed by atoms with E-state index in [2.05, 4.69) is 15.1 Å². The van der Waals surface area contributed by atoms with Crippen LogP contribution in [0.2, 0.25) is 0 Å². The average molecular weight is 192 g/mol.